The molecule has 0 amide bonds. The van der Waals surface area contributed by atoms with Crippen LogP contribution in [0.2, 0.25) is 5.28 Å². The molecule has 0 radical (unpaired) electrons. The maximum Gasteiger partial charge on any atom is 0.321 e. The van der Waals surface area contributed by atoms with Crippen LogP contribution in [0, 0.1) is 0 Å². The molecule has 0 saturated heterocycles. The summed E-state index contributed by atoms with van der Waals surface area (Å²) in [6.45, 7) is 3.79. The van der Waals surface area contributed by atoms with Crippen molar-refractivity contribution in [1.29, 1.82) is 0 Å². The molecule has 0 atom stereocenters. The smallest absolute Gasteiger partial charge is 0.321 e. The zero-order chi connectivity index (χ0) is 13.8. The number of nitrogens with zero attached hydrogens (tertiary/aromatic N) is 3. The van der Waals surface area contributed by atoms with Crippen LogP contribution in [0.4, 0.5) is 0 Å². The van der Waals surface area contributed by atoms with E-state index < -0.39 is 0 Å². The zero-order valence-electron chi connectivity index (χ0n) is 10.9. The molecule has 19 heavy (non-hydrogen) atoms. The lowest BCUT2D eigenvalue weighted by Crippen LogP contribution is -2.09. The molecular weight excluding hydrogens is 266 g/mol. The zero-order valence-corrected chi connectivity index (χ0v) is 11.7. The Balaban J connectivity index is 2.34. The molecule has 1 aromatic heterocycles. The quantitative estimate of drug-likeness (QED) is 0.861. The van der Waals surface area contributed by atoms with Crippen molar-refractivity contribution in [3.63, 3.8) is 0 Å². The molecule has 100 valence electrons. The summed E-state index contributed by atoms with van der Waals surface area (Å²) in [6, 6.07) is 7.58. The minimum absolute atomic E-state index is 0.0258. The largest absolute Gasteiger partial charge is 0.497 e. The monoisotopic (exact) mass is 279 g/mol. The van der Waals surface area contributed by atoms with Gasteiger partial charge >= 0.3 is 6.01 Å². The van der Waals surface area contributed by atoms with Gasteiger partial charge in [-0.05, 0) is 49.7 Å². The van der Waals surface area contributed by atoms with Crippen molar-refractivity contribution in [1.82, 2.24) is 15.0 Å². The molecule has 1 heterocycles. The first kappa shape index (κ1) is 13.5. The minimum atomic E-state index is -0.0258. The maximum atomic E-state index is 5.87. The highest BCUT2D eigenvalue weighted by atomic mass is 35.5. The Kier molecular flexibility index (Phi) is 4.16. The average Bonchev–Trinajstić information content (AvgIpc) is 2.37. The van der Waals surface area contributed by atoms with E-state index in [4.69, 9.17) is 21.1 Å². The molecule has 0 N–H and O–H groups in total. The van der Waals surface area contributed by atoms with E-state index in [1.165, 1.54) is 0 Å². The third kappa shape index (κ3) is 3.54. The minimum Gasteiger partial charge on any atom is -0.497 e. The number of ether oxygens (including phenoxy) is 2. The SMILES string of the molecule is COc1ccc(-c2nc(Cl)nc(OC(C)C)n2)cc1. The molecule has 1 aromatic carbocycles. The summed E-state index contributed by atoms with van der Waals surface area (Å²) in [5.41, 5.74) is 0.818. The third-order valence-electron chi connectivity index (χ3n) is 2.28. The summed E-state index contributed by atoms with van der Waals surface area (Å²) in [6.07, 6.45) is -0.0258. The van der Waals surface area contributed by atoms with Crippen molar-refractivity contribution in [3.05, 3.63) is 29.5 Å². The Bertz CT molecular complexity index is 558. The van der Waals surface area contributed by atoms with Gasteiger partial charge in [-0.2, -0.15) is 15.0 Å². The van der Waals surface area contributed by atoms with Crippen LogP contribution < -0.4 is 9.47 Å². The first-order chi connectivity index (χ1) is 9.08. The Morgan fingerprint density at radius 2 is 1.74 bits per heavy atom. The van der Waals surface area contributed by atoms with Crippen molar-refractivity contribution < 1.29 is 9.47 Å². The van der Waals surface area contributed by atoms with E-state index in [0.717, 1.165) is 11.3 Å². The van der Waals surface area contributed by atoms with Crippen molar-refractivity contribution in [2.75, 3.05) is 7.11 Å². The van der Waals surface area contributed by atoms with Gasteiger partial charge in [-0.1, -0.05) is 0 Å². The van der Waals surface area contributed by atoms with Crippen LogP contribution in [0.5, 0.6) is 11.8 Å². The molecule has 0 unspecified atom stereocenters. The number of hydrogen-bond donors (Lipinski definition) is 0. The molecule has 0 fully saturated rings. The van der Waals surface area contributed by atoms with E-state index in [9.17, 15) is 0 Å². The van der Waals surface area contributed by atoms with Crippen LogP contribution in [0.1, 0.15) is 13.8 Å². The van der Waals surface area contributed by atoms with E-state index in [0.29, 0.717) is 5.82 Å². The summed E-state index contributed by atoms with van der Waals surface area (Å²) in [5.74, 6) is 1.24. The maximum absolute atomic E-state index is 5.87. The van der Waals surface area contributed by atoms with Gasteiger partial charge in [0.15, 0.2) is 5.82 Å². The van der Waals surface area contributed by atoms with Crippen LogP contribution in [-0.2, 0) is 0 Å². The van der Waals surface area contributed by atoms with Gasteiger partial charge < -0.3 is 9.47 Å². The predicted octanol–water partition coefficient (Wildman–Crippen LogP) is 2.99. The molecule has 2 aromatic rings. The molecule has 0 aliphatic rings. The molecule has 2 rings (SSSR count). The van der Waals surface area contributed by atoms with Gasteiger partial charge in [-0.15, -0.1) is 0 Å². The highest BCUT2D eigenvalue weighted by Crippen LogP contribution is 2.21. The second kappa shape index (κ2) is 5.84. The molecule has 5 nitrogen and oxygen atoms in total. The first-order valence-electron chi connectivity index (χ1n) is 5.81. The van der Waals surface area contributed by atoms with Gasteiger partial charge in [-0.3, -0.25) is 0 Å². The number of benzene rings is 1. The van der Waals surface area contributed by atoms with E-state index in [-0.39, 0.29) is 17.4 Å². The number of hydrogen-bond acceptors (Lipinski definition) is 5. The second-order valence-corrected chi connectivity index (χ2v) is 4.44. The fourth-order valence-electron chi connectivity index (χ4n) is 1.46. The molecule has 0 saturated carbocycles. The lowest BCUT2D eigenvalue weighted by Gasteiger charge is -2.09. The van der Waals surface area contributed by atoms with Crippen molar-refractivity contribution >= 4 is 11.6 Å². The summed E-state index contributed by atoms with van der Waals surface area (Å²) in [5, 5.41) is 0.108. The number of rotatable bonds is 4. The molecule has 6 heteroatoms. The van der Waals surface area contributed by atoms with Crippen molar-refractivity contribution in [3.8, 4) is 23.1 Å². The van der Waals surface area contributed by atoms with Crippen LogP contribution in [0.15, 0.2) is 24.3 Å². The van der Waals surface area contributed by atoms with Crippen molar-refractivity contribution in [2.45, 2.75) is 20.0 Å². The number of methoxy groups -OCH3 is 1. The normalized spacial score (nSPS) is 10.6. The Labute approximate surface area is 116 Å². The summed E-state index contributed by atoms with van der Waals surface area (Å²) in [4.78, 5) is 12.2. The van der Waals surface area contributed by atoms with Crippen LogP contribution in [0.25, 0.3) is 11.4 Å². The summed E-state index contributed by atoms with van der Waals surface area (Å²) < 4.78 is 10.5. The van der Waals surface area contributed by atoms with E-state index in [2.05, 4.69) is 15.0 Å². The Morgan fingerprint density at radius 1 is 1.05 bits per heavy atom. The van der Waals surface area contributed by atoms with Gasteiger partial charge in [-0.25, -0.2) is 0 Å². The average molecular weight is 280 g/mol. The van der Waals surface area contributed by atoms with Crippen LogP contribution >= 0.6 is 11.6 Å². The van der Waals surface area contributed by atoms with Crippen LogP contribution in [0.3, 0.4) is 0 Å². The summed E-state index contributed by atoms with van der Waals surface area (Å²) in [7, 11) is 1.61. The van der Waals surface area contributed by atoms with Gasteiger partial charge in [0.25, 0.3) is 0 Å². The second-order valence-electron chi connectivity index (χ2n) is 4.11. The first-order valence-corrected chi connectivity index (χ1v) is 6.19. The van der Waals surface area contributed by atoms with E-state index in [1.807, 2.05) is 38.1 Å². The Morgan fingerprint density at radius 3 is 2.32 bits per heavy atom. The number of aromatic nitrogens is 3. The summed E-state index contributed by atoms with van der Waals surface area (Å²) >= 11 is 5.87. The highest BCUT2D eigenvalue weighted by Gasteiger charge is 2.09. The van der Waals surface area contributed by atoms with Gasteiger partial charge in [0.1, 0.15) is 5.75 Å². The molecule has 0 aliphatic heterocycles. The standard InChI is InChI=1S/C13H14ClN3O2/c1-8(2)19-13-16-11(15-12(14)17-13)9-4-6-10(18-3)7-5-9/h4-8H,1-3H3. The molecule has 0 spiro atoms. The highest BCUT2D eigenvalue weighted by molar-refractivity contribution is 6.28. The fourth-order valence-corrected chi connectivity index (χ4v) is 1.62. The Hall–Kier alpha value is -1.88. The lowest BCUT2D eigenvalue weighted by molar-refractivity contribution is 0.222. The predicted molar refractivity (Wildman–Crippen MR) is 72.6 cm³/mol. The molecular formula is C13H14ClN3O2. The lowest BCUT2D eigenvalue weighted by atomic mass is 10.2. The fraction of sp³-hybridized carbons (Fsp3) is 0.308. The van der Waals surface area contributed by atoms with Gasteiger partial charge in [0.05, 0.1) is 13.2 Å². The van der Waals surface area contributed by atoms with E-state index in [1.54, 1.807) is 7.11 Å². The molecule has 0 bridgehead atoms. The third-order valence-corrected chi connectivity index (χ3v) is 2.45. The van der Waals surface area contributed by atoms with Crippen LogP contribution in [-0.4, -0.2) is 28.2 Å². The molecule has 0 aliphatic carbocycles. The van der Waals surface area contributed by atoms with Crippen molar-refractivity contribution in [2.24, 2.45) is 0 Å². The number of halogens is 1. The van der Waals surface area contributed by atoms with Gasteiger partial charge in [0.2, 0.25) is 5.28 Å². The topological polar surface area (TPSA) is 57.1 Å². The van der Waals surface area contributed by atoms with E-state index >= 15 is 0 Å². The van der Waals surface area contributed by atoms with Gasteiger partial charge in [0, 0.05) is 5.56 Å².